The van der Waals surface area contributed by atoms with Gasteiger partial charge >= 0.3 is 0 Å². The Morgan fingerprint density at radius 2 is 1.56 bits per heavy atom. The molecule has 0 bridgehead atoms. The number of nitrogens with one attached hydrogen (secondary N) is 1. The van der Waals surface area contributed by atoms with Crippen LogP contribution in [0.3, 0.4) is 0 Å². The summed E-state index contributed by atoms with van der Waals surface area (Å²) in [6, 6.07) is 16.6. The molecule has 4 rings (SSSR count). The van der Waals surface area contributed by atoms with Crippen LogP contribution in [0.25, 0.3) is 10.8 Å². The normalized spacial score (nSPS) is 17.2. The van der Waals surface area contributed by atoms with Gasteiger partial charge in [-0.2, -0.15) is 0 Å². The Labute approximate surface area is 191 Å². The summed E-state index contributed by atoms with van der Waals surface area (Å²) < 4.78 is 28.0. The van der Waals surface area contributed by atoms with Gasteiger partial charge in [0.25, 0.3) is 0 Å². The fourth-order valence-corrected chi connectivity index (χ4v) is 5.89. The van der Waals surface area contributed by atoms with Crippen molar-refractivity contribution in [2.24, 2.45) is 0 Å². The van der Waals surface area contributed by atoms with Gasteiger partial charge in [0.15, 0.2) is 5.78 Å². The molecular formula is C27H31NO3S. The van der Waals surface area contributed by atoms with E-state index < -0.39 is 10.0 Å². The lowest BCUT2D eigenvalue weighted by molar-refractivity contribution is 0.103. The Bertz CT molecular complexity index is 1320. The summed E-state index contributed by atoms with van der Waals surface area (Å²) >= 11 is 0. The Morgan fingerprint density at radius 3 is 2.25 bits per heavy atom. The minimum absolute atomic E-state index is 0.0144. The summed E-state index contributed by atoms with van der Waals surface area (Å²) in [4.78, 5) is 13.9. The second-order valence-electron chi connectivity index (χ2n) is 10.1. The first-order valence-electron chi connectivity index (χ1n) is 11.2. The molecule has 1 aliphatic rings. The van der Waals surface area contributed by atoms with Crippen molar-refractivity contribution >= 4 is 26.6 Å². The number of fused-ring (bicyclic) bond motifs is 2. The van der Waals surface area contributed by atoms with E-state index >= 15 is 0 Å². The van der Waals surface area contributed by atoms with E-state index in [1.54, 1.807) is 13.0 Å². The molecule has 1 aliphatic carbocycles. The van der Waals surface area contributed by atoms with Crippen LogP contribution in [0.4, 0.5) is 0 Å². The van der Waals surface area contributed by atoms with Crippen LogP contribution >= 0.6 is 0 Å². The Kier molecular flexibility index (Phi) is 5.54. The molecule has 1 N–H and O–H groups in total. The van der Waals surface area contributed by atoms with Crippen LogP contribution in [0.15, 0.2) is 59.5 Å². The Balaban J connectivity index is 1.90. The molecule has 3 aromatic carbocycles. The third kappa shape index (κ3) is 3.89. The molecular weight excluding hydrogens is 418 g/mol. The third-order valence-corrected chi connectivity index (χ3v) is 8.36. The zero-order valence-corrected chi connectivity index (χ0v) is 20.3. The number of carbonyl (C=O) groups is 1. The van der Waals surface area contributed by atoms with Gasteiger partial charge in [0.2, 0.25) is 10.0 Å². The molecule has 0 aromatic heterocycles. The SMILES string of the molecule is CCNS(=O)(=O)c1cc(C(=O)c2ccc3c(c2)C(C)(C)CCC3(C)C)c2ccccc2c1. The number of benzene rings is 3. The molecule has 4 nitrogen and oxygen atoms in total. The van der Waals surface area contributed by atoms with Gasteiger partial charge in [-0.15, -0.1) is 0 Å². The molecule has 0 spiro atoms. The Hall–Kier alpha value is -2.50. The van der Waals surface area contributed by atoms with Gasteiger partial charge in [-0.05, 0) is 63.8 Å². The average molecular weight is 450 g/mol. The molecule has 0 heterocycles. The van der Waals surface area contributed by atoms with E-state index in [0.717, 1.165) is 23.6 Å². The standard InChI is InChI=1S/C27H31NO3S/c1-6-28-32(30,31)20-15-18-9-7-8-10-21(18)22(17-20)25(29)19-11-12-23-24(16-19)27(4,5)14-13-26(23,2)3/h7-12,15-17,28H,6,13-14H2,1-5H3. The summed E-state index contributed by atoms with van der Waals surface area (Å²) in [5, 5.41) is 1.49. The van der Waals surface area contributed by atoms with Crippen molar-refractivity contribution in [2.75, 3.05) is 6.54 Å². The van der Waals surface area contributed by atoms with E-state index in [2.05, 4.69) is 38.5 Å². The maximum atomic E-state index is 13.7. The fourth-order valence-electron chi connectivity index (χ4n) is 4.78. The maximum Gasteiger partial charge on any atom is 0.240 e. The van der Waals surface area contributed by atoms with Gasteiger partial charge in [-0.25, -0.2) is 13.1 Å². The zero-order chi connectivity index (χ0) is 23.3. The zero-order valence-electron chi connectivity index (χ0n) is 19.5. The van der Waals surface area contributed by atoms with Gasteiger partial charge in [0.05, 0.1) is 4.90 Å². The second kappa shape index (κ2) is 7.82. The van der Waals surface area contributed by atoms with E-state index in [1.807, 2.05) is 36.4 Å². The van der Waals surface area contributed by atoms with Crippen LogP contribution in [0.1, 0.15) is 74.5 Å². The lowest BCUT2D eigenvalue weighted by atomic mass is 9.63. The van der Waals surface area contributed by atoms with Gasteiger partial charge < -0.3 is 0 Å². The lowest BCUT2D eigenvalue weighted by Gasteiger charge is -2.42. The van der Waals surface area contributed by atoms with Crippen LogP contribution in [0.5, 0.6) is 0 Å². The van der Waals surface area contributed by atoms with Crippen molar-refractivity contribution in [2.45, 2.75) is 63.2 Å². The fraction of sp³-hybridized carbons (Fsp3) is 0.370. The van der Waals surface area contributed by atoms with Crippen LogP contribution in [0.2, 0.25) is 0 Å². The van der Waals surface area contributed by atoms with Crippen LogP contribution in [-0.2, 0) is 20.9 Å². The highest BCUT2D eigenvalue weighted by atomic mass is 32.2. The minimum Gasteiger partial charge on any atom is -0.289 e. The van der Waals surface area contributed by atoms with Gasteiger partial charge in [0, 0.05) is 17.7 Å². The predicted molar refractivity (Wildman–Crippen MR) is 130 cm³/mol. The molecule has 32 heavy (non-hydrogen) atoms. The van der Waals surface area contributed by atoms with Crippen molar-refractivity contribution in [3.8, 4) is 0 Å². The van der Waals surface area contributed by atoms with Crippen LogP contribution in [-0.4, -0.2) is 20.7 Å². The Morgan fingerprint density at radius 1 is 0.906 bits per heavy atom. The van der Waals surface area contributed by atoms with Crippen molar-refractivity contribution in [1.29, 1.82) is 0 Å². The molecule has 0 radical (unpaired) electrons. The number of hydrogen-bond donors (Lipinski definition) is 1. The van der Waals surface area contributed by atoms with E-state index in [0.29, 0.717) is 11.1 Å². The monoisotopic (exact) mass is 449 g/mol. The highest BCUT2D eigenvalue weighted by molar-refractivity contribution is 7.89. The first-order valence-corrected chi connectivity index (χ1v) is 12.7. The van der Waals surface area contributed by atoms with Gasteiger partial charge in [0.1, 0.15) is 0 Å². The number of sulfonamides is 1. The molecule has 5 heteroatoms. The first-order chi connectivity index (χ1) is 15.0. The molecule has 0 aliphatic heterocycles. The third-order valence-electron chi connectivity index (χ3n) is 6.84. The maximum absolute atomic E-state index is 13.7. The molecule has 3 aromatic rings. The summed E-state index contributed by atoms with van der Waals surface area (Å²) in [6.07, 6.45) is 2.17. The summed E-state index contributed by atoms with van der Waals surface area (Å²) in [5.74, 6) is -0.156. The second-order valence-corrected chi connectivity index (χ2v) is 11.8. The topological polar surface area (TPSA) is 63.2 Å². The number of rotatable bonds is 5. The molecule has 0 atom stereocenters. The molecule has 0 saturated carbocycles. The van der Waals surface area contributed by atoms with E-state index in [1.165, 1.54) is 17.2 Å². The summed E-state index contributed by atoms with van der Waals surface area (Å²) in [6.45, 7) is 11.0. The molecule has 0 unspecified atom stereocenters. The van der Waals surface area contributed by atoms with Crippen molar-refractivity contribution in [1.82, 2.24) is 4.72 Å². The number of hydrogen-bond acceptors (Lipinski definition) is 3. The van der Waals surface area contributed by atoms with E-state index in [4.69, 9.17) is 0 Å². The van der Waals surface area contributed by atoms with Gasteiger partial charge in [-0.1, -0.05) is 71.0 Å². The molecule has 0 fully saturated rings. The van der Waals surface area contributed by atoms with Crippen LogP contribution < -0.4 is 4.72 Å². The lowest BCUT2D eigenvalue weighted by Crippen LogP contribution is -2.34. The first kappa shape index (κ1) is 22.7. The smallest absolute Gasteiger partial charge is 0.240 e. The molecule has 168 valence electrons. The number of carbonyl (C=O) groups excluding carboxylic acids is 1. The van der Waals surface area contributed by atoms with Crippen LogP contribution in [0, 0.1) is 0 Å². The summed E-state index contributed by atoms with van der Waals surface area (Å²) in [5.41, 5.74) is 3.56. The molecule has 0 saturated heterocycles. The quantitative estimate of drug-likeness (QED) is 0.507. The number of ketones is 1. The largest absolute Gasteiger partial charge is 0.289 e. The van der Waals surface area contributed by atoms with E-state index in [9.17, 15) is 13.2 Å². The van der Waals surface area contributed by atoms with E-state index in [-0.39, 0.29) is 28.1 Å². The van der Waals surface area contributed by atoms with Gasteiger partial charge in [-0.3, -0.25) is 4.79 Å². The average Bonchev–Trinajstić information content (AvgIpc) is 2.75. The predicted octanol–water partition coefficient (Wildman–Crippen LogP) is 5.72. The highest BCUT2D eigenvalue weighted by Gasteiger charge is 2.37. The highest BCUT2D eigenvalue weighted by Crippen LogP contribution is 2.46. The van der Waals surface area contributed by atoms with Crippen molar-refractivity contribution in [3.63, 3.8) is 0 Å². The minimum atomic E-state index is -3.69. The van der Waals surface area contributed by atoms with Crippen molar-refractivity contribution in [3.05, 3.63) is 76.9 Å². The summed E-state index contributed by atoms with van der Waals surface area (Å²) in [7, 11) is -3.69. The van der Waals surface area contributed by atoms with Crippen molar-refractivity contribution < 1.29 is 13.2 Å². The molecule has 0 amide bonds.